The maximum Gasteiger partial charge on any atom is 0.230 e. The number of rotatable bonds is 2. The molecule has 2 rings (SSSR count). The minimum atomic E-state index is -0.180. The summed E-state index contributed by atoms with van der Waals surface area (Å²) in [7, 11) is 0. The number of hydrogen-bond acceptors (Lipinski definition) is 2. The van der Waals surface area contributed by atoms with E-state index in [-0.39, 0.29) is 17.7 Å². The van der Waals surface area contributed by atoms with Gasteiger partial charge >= 0.3 is 0 Å². The quantitative estimate of drug-likeness (QED) is 0.734. The van der Waals surface area contributed by atoms with Crippen LogP contribution in [0.15, 0.2) is 24.3 Å². The summed E-state index contributed by atoms with van der Waals surface area (Å²) >= 11 is 0. The van der Waals surface area contributed by atoms with Gasteiger partial charge in [0.05, 0.1) is 5.92 Å². The molecule has 1 saturated heterocycles. The fourth-order valence-electron chi connectivity index (χ4n) is 1.78. The van der Waals surface area contributed by atoms with Gasteiger partial charge in [-0.15, -0.1) is 0 Å². The number of hydrogen-bond donors (Lipinski definition) is 1. The highest BCUT2D eigenvalue weighted by Crippen LogP contribution is 2.17. The van der Waals surface area contributed by atoms with Gasteiger partial charge in [-0.2, -0.15) is 0 Å². The van der Waals surface area contributed by atoms with Crippen molar-refractivity contribution in [1.29, 1.82) is 0 Å². The van der Waals surface area contributed by atoms with Crippen molar-refractivity contribution in [3.8, 4) is 0 Å². The van der Waals surface area contributed by atoms with Crippen molar-refractivity contribution in [3.63, 3.8) is 0 Å². The predicted octanol–water partition coefficient (Wildman–Crippen LogP) is 1.20. The van der Waals surface area contributed by atoms with Crippen LogP contribution in [-0.4, -0.2) is 11.8 Å². The molecule has 0 radical (unpaired) electrons. The number of carbonyl (C=O) groups excluding carboxylic acids is 2. The summed E-state index contributed by atoms with van der Waals surface area (Å²) in [6.45, 7) is 2.02. The Morgan fingerprint density at radius 2 is 1.93 bits per heavy atom. The molecule has 78 valence electrons. The van der Waals surface area contributed by atoms with Crippen molar-refractivity contribution >= 4 is 11.8 Å². The van der Waals surface area contributed by atoms with E-state index >= 15 is 0 Å². The monoisotopic (exact) mass is 203 g/mol. The molecule has 3 heteroatoms. The molecular formula is C12H13NO2. The maximum atomic E-state index is 11.3. The Morgan fingerprint density at radius 1 is 1.27 bits per heavy atom. The van der Waals surface area contributed by atoms with Gasteiger partial charge in [-0.1, -0.05) is 29.8 Å². The third-order valence-corrected chi connectivity index (χ3v) is 2.67. The van der Waals surface area contributed by atoms with Crippen molar-refractivity contribution < 1.29 is 9.59 Å². The van der Waals surface area contributed by atoms with Gasteiger partial charge in [0.1, 0.15) is 0 Å². The number of carbonyl (C=O) groups is 2. The van der Waals surface area contributed by atoms with Crippen molar-refractivity contribution in [2.75, 3.05) is 0 Å². The van der Waals surface area contributed by atoms with Crippen LogP contribution < -0.4 is 5.32 Å². The zero-order valence-corrected chi connectivity index (χ0v) is 8.62. The Balaban J connectivity index is 2.06. The first kappa shape index (κ1) is 9.90. The third kappa shape index (κ3) is 2.24. The molecule has 2 amide bonds. The number of amides is 2. The number of nitrogens with one attached hydrogen (secondary N) is 1. The van der Waals surface area contributed by atoms with Crippen LogP contribution in [-0.2, 0) is 16.0 Å². The van der Waals surface area contributed by atoms with Crippen LogP contribution in [0.4, 0.5) is 0 Å². The fourth-order valence-corrected chi connectivity index (χ4v) is 1.78. The van der Waals surface area contributed by atoms with Crippen LogP contribution in [0.5, 0.6) is 0 Å². The van der Waals surface area contributed by atoms with Crippen molar-refractivity contribution in [2.24, 2.45) is 5.92 Å². The zero-order chi connectivity index (χ0) is 10.8. The molecule has 1 aromatic rings. The molecule has 0 saturated carbocycles. The Hall–Kier alpha value is -1.64. The lowest BCUT2D eigenvalue weighted by molar-refractivity contribution is -0.125. The van der Waals surface area contributed by atoms with E-state index < -0.39 is 0 Å². The smallest absolute Gasteiger partial charge is 0.230 e. The van der Waals surface area contributed by atoms with Gasteiger partial charge in [0.2, 0.25) is 11.8 Å². The number of aryl methyl sites for hydroxylation is 1. The van der Waals surface area contributed by atoms with E-state index in [1.807, 2.05) is 31.2 Å². The first-order valence-corrected chi connectivity index (χ1v) is 5.04. The second-order valence-electron chi connectivity index (χ2n) is 4.00. The summed E-state index contributed by atoms with van der Waals surface area (Å²) in [5.74, 6) is -0.474. The summed E-state index contributed by atoms with van der Waals surface area (Å²) in [6, 6.07) is 8.05. The first-order chi connectivity index (χ1) is 7.15. The topological polar surface area (TPSA) is 46.2 Å². The van der Waals surface area contributed by atoms with Gasteiger partial charge in [0, 0.05) is 6.42 Å². The van der Waals surface area contributed by atoms with Crippen molar-refractivity contribution in [1.82, 2.24) is 5.32 Å². The predicted molar refractivity (Wildman–Crippen MR) is 56.1 cm³/mol. The van der Waals surface area contributed by atoms with Gasteiger partial charge in [-0.25, -0.2) is 0 Å². The minimum Gasteiger partial charge on any atom is -0.296 e. The first-order valence-electron chi connectivity index (χ1n) is 5.04. The summed E-state index contributed by atoms with van der Waals surface area (Å²) in [6.07, 6.45) is 0.977. The van der Waals surface area contributed by atoms with Gasteiger partial charge in [-0.3, -0.25) is 14.9 Å². The van der Waals surface area contributed by atoms with Crippen molar-refractivity contribution in [3.05, 3.63) is 35.4 Å². The van der Waals surface area contributed by atoms with Crippen LogP contribution in [0.1, 0.15) is 17.5 Å². The van der Waals surface area contributed by atoms with Crippen molar-refractivity contribution in [2.45, 2.75) is 19.8 Å². The molecule has 0 unspecified atom stereocenters. The summed E-state index contributed by atoms with van der Waals surface area (Å²) in [5.41, 5.74) is 2.31. The number of imide groups is 1. The molecule has 1 aromatic carbocycles. The largest absolute Gasteiger partial charge is 0.296 e. The van der Waals surface area contributed by atoms with Crippen LogP contribution in [0.25, 0.3) is 0 Å². The van der Waals surface area contributed by atoms with E-state index in [2.05, 4.69) is 5.32 Å². The Bertz CT molecular complexity index is 395. The zero-order valence-electron chi connectivity index (χ0n) is 8.62. The molecule has 0 aromatic heterocycles. The van der Waals surface area contributed by atoms with Gasteiger partial charge in [-0.05, 0) is 18.9 Å². The van der Waals surface area contributed by atoms with E-state index in [1.54, 1.807) is 0 Å². The van der Waals surface area contributed by atoms with E-state index in [9.17, 15) is 9.59 Å². The summed E-state index contributed by atoms with van der Waals surface area (Å²) in [5, 5.41) is 2.32. The molecule has 0 bridgehead atoms. The average Bonchev–Trinajstić information content (AvgIpc) is 2.49. The lowest BCUT2D eigenvalue weighted by atomic mass is 9.97. The van der Waals surface area contributed by atoms with Crippen LogP contribution >= 0.6 is 0 Å². The second kappa shape index (κ2) is 3.85. The van der Waals surface area contributed by atoms with E-state index in [1.165, 1.54) is 5.56 Å². The van der Waals surface area contributed by atoms with Gasteiger partial charge in [0.25, 0.3) is 0 Å². The molecular weight excluding hydrogens is 190 g/mol. The highest BCUT2D eigenvalue weighted by molar-refractivity contribution is 6.03. The molecule has 3 nitrogen and oxygen atoms in total. The Morgan fingerprint density at radius 3 is 2.47 bits per heavy atom. The number of benzene rings is 1. The van der Waals surface area contributed by atoms with Crippen LogP contribution in [0, 0.1) is 12.8 Å². The van der Waals surface area contributed by atoms with Crippen LogP contribution in [0.2, 0.25) is 0 Å². The fraction of sp³-hybridized carbons (Fsp3) is 0.333. The van der Waals surface area contributed by atoms with E-state index in [4.69, 9.17) is 0 Å². The summed E-state index contributed by atoms with van der Waals surface area (Å²) in [4.78, 5) is 22.3. The molecule has 0 spiro atoms. The highest BCUT2D eigenvalue weighted by Gasteiger charge is 2.30. The van der Waals surface area contributed by atoms with Gasteiger partial charge in [0.15, 0.2) is 0 Å². The minimum absolute atomic E-state index is 0.138. The Kier molecular flexibility index (Phi) is 2.54. The van der Waals surface area contributed by atoms with E-state index in [0.29, 0.717) is 12.8 Å². The molecule has 1 atom stereocenters. The van der Waals surface area contributed by atoms with Gasteiger partial charge < -0.3 is 0 Å². The van der Waals surface area contributed by atoms with Crippen LogP contribution in [0.3, 0.4) is 0 Å². The van der Waals surface area contributed by atoms with E-state index in [0.717, 1.165) is 5.56 Å². The lowest BCUT2D eigenvalue weighted by Crippen LogP contribution is -2.22. The standard InChI is InChI=1S/C12H13NO2/c1-8-2-4-9(5-3-8)6-10-7-11(14)13-12(10)15/h2-5,10H,6-7H2,1H3,(H,13,14,15)/t10-/m1/s1. The highest BCUT2D eigenvalue weighted by atomic mass is 16.2. The molecule has 0 aliphatic carbocycles. The maximum absolute atomic E-state index is 11.3. The molecule has 15 heavy (non-hydrogen) atoms. The third-order valence-electron chi connectivity index (χ3n) is 2.67. The molecule has 1 fully saturated rings. The normalized spacial score (nSPS) is 20.5. The molecule has 1 N–H and O–H groups in total. The second-order valence-corrected chi connectivity index (χ2v) is 4.00. The lowest BCUT2D eigenvalue weighted by Gasteiger charge is -2.05. The average molecular weight is 203 g/mol. The SMILES string of the molecule is Cc1ccc(C[C@@H]2CC(=O)NC2=O)cc1. The molecule has 1 aliphatic heterocycles. The molecule has 1 heterocycles. The molecule has 1 aliphatic rings. The summed E-state index contributed by atoms with van der Waals surface area (Å²) < 4.78 is 0. The Labute approximate surface area is 88.5 Å².